The monoisotopic (exact) mass is 457 g/mol. The molecule has 2 heterocycles. The zero-order valence-corrected chi connectivity index (χ0v) is 17.8. The molecule has 2 saturated heterocycles. The molecule has 1 N–H and O–H groups in total. The van der Waals surface area contributed by atoms with Gasteiger partial charge in [0.15, 0.2) is 0 Å². The van der Waals surface area contributed by atoms with E-state index in [4.69, 9.17) is 0 Å². The first-order valence-corrected chi connectivity index (χ1v) is 11.0. The van der Waals surface area contributed by atoms with Gasteiger partial charge < -0.3 is 5.32 Å². The van der Waals surface area contributed by atoms with Crippen molar-refractivity contribution < 1.29 is 28.4 Å². The van der Waals surface area contributed by atoms with E-state index in [-0.39, 0.29) is 41.9 Å². The van der Waals surface area contributed by atoms with Crippen molar-refractivity contribution in [2.24, 2.45) is 11.8 Å². The number of benzene rings is 1. The van der Waals surface area contributed by atoms with E-state index in [0.717, 1.165) is 9.80 Å². The van der Waals surface area contributed by atoms with E-state index in [1.165, 1.54) is 24.3 Å². The molecule has 2 fully saturated rings. The zero-order valence-electron chi connectivity index (χ0n) is 17.0. The second-order valence-electron chi connectivity index (χ2n) is 7.62. The summed E-state index contributed by atoms with van der Waals surface area (Å²) in [4.78, 5) is 63.8. The van der Waals surface area contributed by atoms with Crippen LogP contribution in [0.4, 0.5) is 9.18 Å². The quantitative estimate of drug-likeness (QED) is 0.398. The van der Waals surface area contributed by atoms with Gasteiger partial charge in [-0.2, -0.15) is 0 Å². The van der Waals surface area contributed by atoms with Crippen molar-refractivity contribution in [2.45, 2.75) is 12.8 Å². The van der Waals surface area contributed by atoms with E-state index in [0.29, 0.717) is 24.6 Å². The highest BCUT2D eigenvalue weighted by atomic mass is 32.2. The first-order chi connectivity index (χ1) is 15.4. The lowest BCUT2D eigenvalue weighted by atomic mass is 9.85. The summed E-state index contributed by atoms with van der Waals surface area (Å²) in [7, 11) is 0. The summed E-state index contributed by atoms with van der Waals surface area (Å²) in [5.41, 5.74) is 0.196. The number of hydrogen-bond acceptors (Lipinski definition) is 6. The number of allylic oxidation sites excluding steroid dienone is 2. The minimum absolute atomic E-state index is 0.0332. The number of fused-ring (bicyclic) bond motifs is 1. The number of nitrogens with zero attached hydrogens (tertiary/aromatic N) is 2. The van der Waals surface area contributed by atoms with Crippen LogP contribution in [0.15, 0.2) is 41.3 Å². The van der Waals surface area contributed by atoms with Crippen molar-refractivity contribution in [1.82, 2.24) is 15.1 Å². The second-order valence-corrected chi connectivity index (χ2v) is 8.62. The van der Waals surface area contributed by atoms with Gasteiger partial charge in [0, 0.05) is 18.7 Å². The SMILES string of the molecule is O=C(CN1C(=O)C2CC=CCC2C1=O)NCCN1C(=O)SC(=Cc2ccccc2F)C1=O. The second kappa shape index (κ2) is 9.07. The van der Waals surface area contributed by atoms with Crippen molar-refractivity contribution in [3.63, 3.8) is 0 Å². The number of amides is 5. The first-order valence-electron chi connectivity index (χ1n) is 10.1. The average molecular weight is 457 g/mol. The van der Waals surface area contributed by atoms with Gasteiger partial charge in [-0.1, -0.05) is 30.4 Å². The number of halogens is 1. The van der Waals surface area contributed by atoms with Crippen molar-refractivity contribution in [1.29, 1.82) is 0 Å². The van der Waals surface area contributed by atoms with E-state index in [1.54, 1.807) is 6.07 Å². The lowest BCUT2D eigenvalue weighted by Crippen LogP contribution is -2.43. The number of imide groups is 2. The largest absolute Gasteiger partial charge is 0.353 e. The van der Waals surface area contributed by atoms with Gasteiger partial charge in [-0.05, 0) is 36.7 Å². The smallest absolute Gasteiger partial charge is 0.293 e. The molecule has 2 unspecified atom stereocenters. The van der Waals surface area contributed by atoms with Gasteiger partial charge in [-0.25, -0.2) is 4.39 Å². The van der Waals surface area contributed by atoms with Crippen LogP contribution in [0.1, 0.15) is 18.4 Å². The van der Waals surface area contributed by atoms with Crippen LogP contribution in [0.25, 0.3) is 6.08 Å². The van der Waals surface area contributed by atoms with Gasteiger partial charge in [0.05, 0.1) is 16.7 Å². The Bertz CT molecular complexity index is 1040. The minimum atomic E-state index is -0.570. The molecule has 1 aliphatic carbocycles. The maximum Gasteiger partial charge on any atom is 0.293 e. The molecule has 0 spiro atoms. The summed E-state index contributed by atoms with van der Waals surface area (Å²) >= 11 is 0.698. The van der Waals surface area contributed by atoms with Crippen LogP contribution in [0.5, 0.6) is 0 Å². The molecule has 166 valence electrons. The molecule has 8 nitrogen and oxygen atoms in total. The third-order valence-corrected chi connectivity index (χ3v) is 6.53. The Kier molecular flexibility index (Phi) is 6.22. The third-order valence-electron chi connectivity index (χ3n) is 5.62. The first kappa shape index (κ1) is 21.9. The highest BCUT2D eigenvalue weighted by Crippen LogP contribution is 2.35. The summed E-state index contributed by atoms with van der Waals surface area (Å²) in [6.07, 6.45) is 6.04. The fourth-order valence-corrected chi connectivity index (χ4v) is 4.81. The van der Waals surface area contributed by atoms with Crippen LogP contribution in [0.2, 0.25) is 0 Å². The molecule has 2 aliphatic heterocycles. The van der Waals surface area contributed by atoms with Crippen LogP contribution < -0.4 is 5.32 Å². The normalized spacial score (nSPS) is 24.0. The molecule has 1 aromatic rings. The minimum Gasteiger partial charge on any atom is -0.353 e. The zero-order chi connectivity index (χ0) is 22.8. The van der Waals surface area contributed by atoms with Gasteiger partial charge in [0.2, 0.25) is 17.7 Å². The lowest BCUT2D eigenvalue weighted by Gasteiger charge is -2.16. The fourth-order valence-electron chi connectivity index (χ4n) is 3.96. The van der Waals surface area contributed by atoms with E-state index < -0.39 is 34.7 Å². The maximum atomic E-state index is 13.8. The molecule has 0 radical (unpaired) electrons. The summed E-state index contributed by atoms with van der Waals surface area (Å²) < 4.78 is 13.8. The Morgan fingerprint density at radius 1 is 1.06 bits per heavy atom. The Labute approximate surface area is 187 Å². The Hall–Kier alpha value is -3.27. The number of carbonyl (C=O) groups excluding carboxylic acids is 5. The van der Waals surface area contributed by atoms with E-state index >= 15 is 0 Å². The average Bonchev–Trinajstić information content (AvgIpc) is 3.18. The van der Waals surface area contributed by atoms with Gasteiger partial charge >= 0.3 is 0 Å². The van der Waals surface area contributed by atoms with Crippen molar-refractivity contribution in [2.75, 3.05) is 19.6 Å². The molecule has 0 saturated carbocycles. The number of thioether (sulfide) groups is 1. The number of hydrogen-bond donors (Lipinski definition) is 1. The molecular weight excluding hydrogens is 437 g/mol. The van der Waals surface area contributed by atoms with Crippen molar-refractivity contribution >= 4 is 46.7 Å². The molecule has 32 heavy (non-hydrogen) atoms. The fraction of sp³-hybridized carbons (Fsp3) is 0.318. The topological polar surface area (TPSA) is 104 Å². The Morgan fingerprint density at radius 3 is 2.38 bits per heavy atom. The summed E-state index contributed by atoms with van der Waals surface area (Å²) in [5, 5.41) is 2.02. The van der Waals surface area contributed by atoms with Crippen LogP contribution in [-0.2, 0) is 19.2 Å². The molecule has 4 rings (SSSR count). The molecule has 5 amide bonds. The number of carbonyl (C=O) groups is 5. The van der Waals surface area contributed by atoms with Gasteiger partial charge in [0.1, 0.15) is 12.4 Å². The van der Waals surface area contributed by atoms with Gasteiger partial charge in [-0.15, -0.1) is 0 Å². The molecule has 1 aromatic carbocycles. The summed E-state index contributed by atoms with van der Waals surface area (Å²) in [6.45, 7) is -0.504. The number of likely N-dealkylation sites (tertiary alicyclic amines) is 1. The van der Waals surface area contributed by atoms with Gasteiger partial charge in [-0.3, -0.25) is 33.8 Å². The van der Waals surface area contributed by atoms with E-state index in [1.807, 2.05) is 12.2 Å². The molecule has 0 aromatic heterocycles. The third kappa shape index (κ3) is 4.22. The predicted octanol–water partition coefficient (Wildman–Crippen LogP) is 1.93. The van der Waals surface area contributed by atoms with Crippen molar-refractivity contribution in [3.8, 4) is 0 Å². The Balaban J connectivity index is 1.30. The van der Waals surface area contributed by atoms with E-state index in [9.17, 15) is 28.4 Å². The van der Waals surface area contributed by atoms with E-state index in [2.05, 4.69) is 5.32 Å². The standard InChI is InChI=1S/C22H20FN3O5S/c23-16-8-4-1-5-13(16)11-17-21(30)25(22(31)32-17)10-9-24-18(27)12-26-19(28)14-6-2-3-7-15(14)20(26)29/h1-5,8,11,14-15H,6-7,9-10,12H2,(H,24,27). The molecule has 10 heteroatoms. The highest BCUT2D eigenvalue weighted by molar-refractivity contribution is 8.18. The van der Waals surface area contributed by atoms with Crippen LogP contribution in [0.3, 0.4) is 0 Å². The molecule has 2 atom stereocenters. The van der Waals surface area contributed by atoms with Crippen molar-refractivity contribution in [3.05, 3.63) is 52.7 Å². The predicted molar refractivity (Wildman–Crippen MR) is 114 cm³/mol. The van der Waals surface area contributed by atoms with Crippen LogP contribution >= 0.6 is 11.8 Å². The molecular formula is C22H20FN3O5S. The highest BCUT2D eigenvalue weighted by Gasteiger charge is 2.47. The molecule has 0 bridgehead atoms. The number of nitrogens with one attached hydrogen (secondary N) is 1. The summed E-state index contributed by atoms with van der Waals surface area (Å²) in [5.74, 6) is -3.12. The molecule has 3 aliphatic rings. The summed E-state index contributed by atoms with van der Waals surface area (Å²) in [6, 6.07) is 5.90. The lowest BCUT2D eigenvalue weighted by molar-refractivity contribution is -0.143. The Morgan fingerprint density at radius 2 is 1.72 bits per heavy atom. The number of rotatable bonds is 6. The maximum absolute atomic E-state index is 13.8. The van der Waals surface area contributed by atoms with Gasteiger partial charge in [0.25, 0.3) is 11.1 Å². The van der Waals surface area contributed by atoms with Crippen LogP contribution in [-0.4, -0.2) is 58.3 Å². The van der Waals surface area contributed by atoms with Crippen LogP contribution in [0, 0.1) is 17.7 Å².